The first-order chi connectivity index (χ1) is 8.41. The minimum atomic E-state index is -5.41. The van der Waals surface area contributed by atoms with E-state index < -0.39 is 15.5 Å². The summed E-state index contributed by atoms with van der Waals surface area (Å²) in [4.78, 5) is 3.67. The molecule has 19 heavy (non-hydrogen) atoms. The van der Waals surface area contributed by atoms with E-state index in [1.54, 1.807) is 6.07 Å². The average molecular weight is 296 g/mol. The molecule has 8 heteroatoms. The maximum absolute atomic E-state index is 12.1. The molecule has 0 aliphatic heterocycles. The van der Waals surface area contributed by atoms with Crippen LogP contribution in [0, 0.1) is 5.41 Å². The lowest BCUT2D eigenvalue weighted by Crippen LogP contribution is -2.30. The van der Waals surface area contributed by atoms with Gasteiger partial charge in [0, 0.05) is 6.20 Å². The van der Waals surface area contributed by atoms with Crippen molar-refractivity contribution in [2.45, 2.75) is 32.7 Å². The second-order valence-electron chi connectivity index (χ2n) is 5.34. The zero-order valence-corrected chi connectivity index (χ0v) is 11.6. The van der Waals surface area contributed by atoms with Crippen molar-refractivity contribution in [3.8, 4) is 0 Å². The molecule has 0 bridgehead atoms. The largest absolute Gasteiger partial charge is 0.516 e. The Kier molecular flexibility index (Phi) is 4.14. The van der Waals surface area contributed by atoms with E-state index >= 15 is 0 Å². The molecule has 0 saturated carbocycles. The number of hydrogen-bond donors (Lipinski definition) is 1. The fourth-order valence-corrected chi connectivity index (χ4v) is 1.91. The Morgan fingerprint density at radius 2 is 1.79 bits per heavy atom. The summed E-state index contributed by atoms with van der Waals surface area (Å²) in [5, 5.41) is 0. The molecule has 0 saturated heterocycles. The van der Waals surface area contributed by atoms with E-state index in [0.29, 0.717) is 6.42 Å². The van der Waals surface area contributed by atoms with Crippen LogP contribution in [-0.4, -0.2) is 18.9 Å². The van der Waals surface area contributed by atoms with Crippen molar-refractivity contribution in [3.05, 3.63) is 23.9 Å². The zero-order valence-electron chi connectivity index (χ0n) is 10.7. The van der Waals surface area contributed by atoms with Gasteiger partial charge in [0.1, 0.15) is 5.82 Å². The lowest BCUT2D eigenvalue weighted by Gasteiger charge is -2.18. The third-order valence-corrected chi connectivity index (χ3v) is 3.19. The van der Waals surface area contributed by atoms with Crippen LogP contribution in [0.4, 0.5) is 19.0 Å². The maximum Gasteiger partial charge on any atom is 0.516 e. The van der Waals surface area contributed by atoms with Gasteiger partial charge in [-0.3, -0.25) is 4.72 Å². The molecule has 0 aromatic carbocycles. The topological polar surface area (TPSA) is 59.1 Å². The predicted molar refractivity (Wildman–Crippen MR) is 66.0 cm³/mol. The van der Waals surface area contributed by atoms with Crippen LogP contribution in [0.5, 0.6) is 0 Å². The Labute approximate surface area is 110 Å². The Hall–Kier alpha value is -1.31. The van der Waals surface area contributed by atoms with Crippen molar-refractivity contribution in [1.82, 2.24) is 4.98 Å². The summed E-state index contributed by atoms with van der Waals surface area (Å²) in [7, 11) is -5.41. The molecule has 1 rings (SSSR count). The number of halogens is 3. The first-order valence-corrected chi connectivity index (χ1v) is 6.93. The van der Waals surface area contributed by atoms with Crippen LogP contribution in [0.15, 0.2) is 18.3 Å². The van der Waals surface area contributed by atoms with Gasteiger partial charge in [-0.25, -0.2) is 4.98 Å². The standard InChI is InChI=1S/C11H15F3N2O2S/c1-10(2,3)6-8-4-5-9(15-7-8)16-19(17,18)11(12,13)14/h4-5,7H,6H2,1-3H3,(H,15,16). The van der Waals surface area contributed by atoms with Gasteiger partial charge in [-0.2, -0.15) is 21.6 Å². The summed E-state index contributed by atoms with van der Waals surface area (Å²) in [6, 6.07) is 2.76. The van der Waals surface area contributed by atoms with Crippen LogP contribution in [0.1, 0.15) is 26.3 Å². The lowest BCUT2D eigenvalue weighted by atomic mass is 9.89. The summed E-state index contributed by atoms with van der Waals surface area (Å²) in [6.45, 7) is 6.02. The van der Waals surface area contributed by atoms with Crippen molar-refractivity contribution in [1.29, 1.82) is 0 Å². The van der Waals surface area contributed by atoms with Crippen LogP contribution in [0.3, 0.4) is 0 Å². The smallest absolute Gasteiger partial charge is 0.260 e. The first kappa shape index (κ1) is 15.7. The highest BCUT2D eigenvalue weighted by Gasteiger charge is 2.46. The van der Waals surface area contributed by atoms with Crippen LogP contribution in [0.2, 0.25) is 0 Å². The third-order valence-electron chi connectivity index (χ3n) is 2.10. The second-order valence-corrected chi connectivity index (χ2v) is 7.01. The van der Waals surface area contributed by atoms with Crippen molar-refractivity contribution < 1.29 is 21.6 Å². The number of rotatable bonds is 3. The van der Waals surface area contributed by atoms with E-state index in [2.05, 4.69) is 4.98 Å². The van der Waals surface area contributed by atoms with E-state index in [1.807, 2.05) is 20.8 Å². The van der Waals surface area contributed by atoms with Gasteiger partial charge in [0.05, 0.1) is 0 Å². The summed E-state index contributed by atoms with van der Waals surface area (Å²) < 4.78 is 59.5. The fourth-order valence-electron chi connectivity index (χ4n) is 1.40. The molecule has 0 unspecified atom stereocenters. The highest BCUT2D eigenvalue weighted by Crippen LogP contribution is 2.25. The van der Waals surface area contributed by atoms with Crippen LogP contribution >= 0.6 is 0 Å². The molecule has 1 heterocycles. The Morgan fingerprint density at radius 3 is 2.16 bits per heavy atom. The fraction of sp³-hybridized carbons (Fsp3) is 0.545. The number of alkyl halides is 3. The molecular weight excluding hydrogens is 281 g/mol. The molecule has 4 nitrogen and oxygen atoms in total. The molecule has 108 valence electrons. The van der Waals surface area contributed by atoms with Gasteiger partial charge in [-0.1, -0.05) is 26.8 Å². The normalized spacial score (nSPS) is 13.4. The van der Waals surface area contributed by atoms with Crippen molar-refractivity contribution in [3.63, 3.8) is 0 Å². The number of nitrogens with zero attached hydrogens (tertiary/aromatic N) is 1. The molecule has 0 atom stereocenters. The highest BCUT2D eigenvalue weighted by atomic mass is 32.2. The molecule has 0 aliphatic carbocycles. The summed E-state index contributed by atoms with van der Waals surface area (Å²) in [6.07, 6.45) is 2.05. The van der Waals surface area contributed by atoms with E-state index in [9.17, 15) is 21.6 Å². The van der Waals surface area contributed by atoms with Crippen LogP contribution in [-0.2, 0) is 16.4 Å². The van der Waals surface area contributed by atoms with Gasteiger partial charge in [-0.05, 0) is 23.5 Å². The number of anilines is 1. The predicted octanol–water partition coefficient (Wildman–Crippen LogP) is 2.93. The van der Waals surface area contributed by atoms with Crippen LogP contribution in [0.25, 0.3) is 0 Å². The summed E-state index contributed by atoms with van der Waals surface area (Å²) in [5.74, 6) is -0.352. The van der Waals surface area contributed by atoms with E-state index in [0.717, 1.165) is 5.56 Å². The van der Waals surface area contributed by atoms with Gasteiger partial charge in [-0.15, -0.1) is 0 Å². The molecular formula is C11H15F3N2O2S. The maximum atomic E-state index is 12.1. The molecule has 0 fully saturated rings. The minimum absolute atomic E-state index is 0.00860. The lowest BCUT2D eigenvalue weighted by molar-refractivity contribution is -0.0429. The van der Waals surface area contributed by atoms with Crippen molar-refractivity contribution in [2.75, 3.05) is 4.72 Å². The van der Waals surface area contributed by atoms with Gasteiger partial charge in [0.15, 0.2) is 0 Å². The molecule has 1 N–H and O–H groups in total. The molecule has 0 radical (unpaired) electrons. The van der Waals surface area contributed by atoms with Gasteiger partial charge in [0.25, 0.3) is 0 Å². The van der Waals surface area contributed by atoms with Gasteiger partial charge < -0.3 is 0 Å². The molecule has 0 spiro atoms. The van der Waals surface area contributed by atoms with E-state index in [4.69, 9.17) is 0 Å². The molecule has 0 amide bonds. The Morgan fingerprint density at radius 1 is 1.21 bits per heavy atom. The van der Waals surface area contributed by atoms with Crippen molar-refractivity contribution >= 4 is 15.8 Å². The van der Waals surface area contributed by atoms with E-state index in [-0.39, 0.29) is 11.2 Å². The zero-order chi connectivity index (χ0) is 14.9. The highest BCUT2D eigenvalue weighted by molar-refractivity contribution is 7.93. The number of aromatic nitrogens is 1. The Bertz CT molecular complexity index is 531. The van der Waals surface area contributed by atoms with Gasteiger partial charge in [0.2, 0.25) is 0 Å². The molecule has 1 aromatic rings. The number of nitrogens with one attached hydrogen (secondary N) is 1. The number of pyridine rings is 1. The van der Waals surface area contributed by atoms with Crippen LogP contribution < -0.4 is 4.72 Å². The SMILES string of the molecule is CC(C)(C)Cc1ccc(NS(=O)(=O)C(F)(F)F)nc1. The monoisotopic (exact) mass is 296 g/mol. The first-order valence-electron chi connectivity index (χ1n) is 5.45. The van der Waals surface area contributed by atoms with Crippen molar-refractivity contribution in [2.24, 2.45) is 5.41 Å². The number of sulfonamides is 1. The molecule has 1 aromatic heterocycles. The van der Waals surface area contributed by atoms with Gasteiger partial charge >= 0.3 is 15.5 Å². The quantitative estimate of drug-likeness (QED) is 0.933. The third kappa shape index (κ3) is 4.70. The minimum Gasteiger partial charge on any atom is -0.260 e. The average Bonchev–Trinajstić information content (AvgIpc) is 2.16. The summed E-state index contributed by atoms with van der Waals surface area (Å²) in [5.41, 5.74) is -4.52. The van der Waals surface area contributed by atoms with E-state index in [1.165, 1.54) is 17.0 Å². The molecule has 0 aliphatic rings. The Balaban J connectivity index is 2.84. The number of hydrogen-bond acceptors (Lipinski definition) is 3. The second kappa shape index (κ2) is 4.99. The summed E-state index contributed by atoms with van der Waals surface area (Å²) >= 11 is 0.